The average molecular weight is 276 g/mol. The summed E-state index contributed by atoms with van der Waals surface area (Å²) in [4.78, 5) is 4.63. The van der Waals surface area contributed by atoms with Crippen LogP contribution in [0.3, 0.4) is 0 Å². The van der Waals surface area contributed by atoms with Gasteiger partial charge >= 0.3 is 0 Å². The Morgan fingerprint density at radius 3 is 2.15 bits per heavy atom. The smallest absolute Gasteiger partial charge is 0.111 e. The van der Waals surface area contributed by atoms with Gasteiger partial charge in [-0.1, -0.05) is 32.0 Å². The van der Waals surface area contributed by atoms with Crippen LogP contribution in [0.4, 0.5) is 5.69 Å². The monoisotopic (exact) mass is 276 g/mol. The Bertz CT molecular complexity index is 469. The van der Waals surface area contributed by atoms with Crippen LogP contribution >= 0.6 is 0 Å². The Hall–Kier alpha value is -1.10. The van der Waals surface area contributed by atoms with Crippen LogP contribution in [0, 0.1) is 5.41 Å². The highest BCUT2D eigenvalue weighted by Crippen LogP contribution is 2.55. The third kappa shape index (κ3) is 2.12. The van der Waals surface area contributed by atoms with Crippen molar-refractivity contribution in [3.05, 3.63) is 30.3 Å². The van der Waals surface area contributed by atoms with Gasteiger partial charge < -0.3 is 15.1 Å². The molecule has 0 radical (unpaired) electrons. The second-order valence-corrected chi connectivity index (χ2v) is 6.65. The maximum absolute atomic E-state index is 10.5. The largest absolute Gasteiger partial charge is 0.389 e. The number of aliphatic hydroxyl groups excluding tert-OH is 1. The van der Waals surface area contributed by atoms with Crippen molar-refractivity contribution in [3.63, 3.8) is 0 Å². The zero-order chi connectivity index (χ0) is 14.4. The van der Waals surface area contributed by atoms with E-state index >= 15 is 0 Å². The van der Waals surface area contributed by atoms with Crippen LogP contribution in [-0.2, 0) is 0 Å². The van der Waals surface area contributed by atoms with Crippen LogP contribution < -0.4 is 4.90 Å². The zero-order valence-corrected chi connectivity index (χ0v) is 12.3. The van der Waals surface area contributed by atoms with Crippen LogP contribution in [0.25, 0.3) is 0 Å². The number of nitrogens with zero attached hydrogens (tertiary/aromatic N) is 2. The first-order chi connectivity index (χ1) is 9.45. The Kier molecular flexibility index (Phi) is 3.27. The van der Waals surface area contributed by atoms with Gasteiger partial charge in [-0.2, -0.15) is 0 Å². The number of β-amino-alcohol motifs (C(OH)–C–C–N with tert-alkyl or cyclic N) is 1. The van der Waals surface area contributed by atoms with Crippen molar-refractivity contribution in [1.29, 1.82) is 0 Å². The highest BCUT2D eigenvalue weighted by Gasteiger charge is 2.70. The molecule has 4 heteroatoms. The number of anilines is 1. The first kappa shape index (κ1) is 13.9. The van der Waals surface area contributed by atoms with Gasteiger partial charge in [0, 0.05) is 43.8 Å². The van der Waals surface area contributed by atoms with E-state index in [9.17, 15) is 10.2 Å². The van der Waals surface area contributed by atoms with Gasteiger partial charge in [0.05, 0.1) is 6.10 Å². The summed E-state index contributed by atoms with van der Waals surface area (Å²) in [5.74, 6) is 0. The maximum Gasteiger partial charge on any atom is 0.111 e. The molecule has 0 amide bonds. The topological polar surface area (TPSA) is 46.9 Å². The summed E-state index contributed by atoms with van der Waals surface area (Å²) >= 11 is 0. The molecular formula is C16H24N2O2. The Labute approximate surface area is 120 Å². The zero-order valence-electron chi connectivity index (χ0n) is 12.3. The molecule has 0 aromatic heterocycles. The van der Waals surface area contributed by atoms with Crippen molar-refractivity contribution in [2.24, 2.45) is 5.41 Å². The third-order valence-electron chi connectivity index (χ3n) is 5.13. The highest BCUT2D eigenvalue weighted by molar-refractivity contribution is 5.46. The van der Waals surface area contributed by atoms with Gasteiger partial charge in [-0.25, -0.2) is 0 Å². The van der Waals surface area contributed by atoms with Gasteiger partial charge in [0.25, 0.3) is 0 Å². The van der Waals surface area contributed by atoms with Gasteiger partial charge in [0.15, 0.2) is 0 Å². The van der Waals surface area contributed by atoms with E-state index in [2.05, 4.69) is 34.1 Å². The standard InChI is InChI=1S/C16H24N2O2/c1-15(2)14(19)16(15,20)12-17-8-10-18(11-9-17)13-6-4-3-5-7-13/h3-7,14,19-20H,8-12H2,1-2H3/t14?,16-/m0/s1. The molecule has 0 bridgehead atoms. The summed E-state index contributed by atoms with van der Waals surface area (Å²) in [5, 5.41) is 20.3. The molecule has 1 unspecified atom stereocenters. The first-order valence-electron chi connectivity index (χ1n) is 7.38. The minimum absolute atomic E-state index is 0.371. The van der Waals surface area contributed by atoms with Crippen molar-refractivity contribution in [1.82, 2.24) is 4.90 Å². The lowest BCUT2D eigenvalue weighted by Crippen LogP contribution is -2.50. The summed E-state index contributed by atoms with van der Waals surface area (Å²) in [6, 6.07) is 10.4. The number of aliphatic hydroxyl groups is 2. The van der Waals surface area contributed by atoms with E-state index in [-0.39, 0.29) is 5.41 Å². The number of hydrogen-bond donors (Lipinski definition) is 2. The molecule has 2 aliphatic rings. The van der Waals surface area contributed by atoms with E-state index in [1.165, 1.54) is 5.69 Å². The normalized spacial score (nSPS) is 33.2. The van der Waals surface area contributed by atoms with Crippen molar-refractivity contribution >= 4 is 5.69 Å². The number of benzene rings is 1. The van der Waals surface area contributed by atoms with E-state index in [0.29, 0.717) is 6.54 Å². The molecule has 1 saturated heterocycles. The number of rotatable bonds is 3. The molecule has 1 heterocycles. The molecule has 2 atom stereocenters. The second-order valence-electron chi connectivity index (χ2n) is 6.65. The lowest BCUT2D eigenvalue weighted by molar-refractivity contribution is 0.0361. The van der Waals surface area contributed by atoms with Gasteiger partial charge in [-0.05, 0) is 12.1 Å². The van der Waals surface area contributed by atoms with E-state index in [1.54, 1.807) is 0 Å². The molecule has 0 spiro atoms. The summed E-state index contributed by atoms with van der Waals surface area (Å²) in [5.41, 5.74) is -0.0384. The molecule has 3 rings (SSSR count). The van der Waals surface area contributed by atoms with Gasteiger partial charge in [-0.3, -0.25) is 4.90 Å². The molecule has 1 aromatic rings. The fourth-order valence-electron chi connectivity index (χ4n) is 3.24. The Balaban J connectivity index is 1.55. The summed E-state index contributed by atoms with van der Waals surface area (Å²) in [7, 11) is 0. The highest BCUT2D eigenvalue weighted by atomic mass is 16.4. The van der Waals surface area contributed by atoms with E-state index in [1.807, 2.05) is 19.9 Å². The second kappa shape index (κ2) is 4.72. The number of piperazine rings is 1. The molecule has 20 heavy (non-hydrogen) atoms. The summed E-state index contributed by atoms with van der Waals surface area (Å²) in [6.45, 7) is 8.23. The number of para-hydroxylation sites is 1. The molecule has 110 valence electrons. The van der Waals surface area contributed by atoms with Crippen LogP contribution in [0.15, 0.2) is 30.3 Å². The lowest BCUT2D eigenvalue weighted by Gasteiger charge is -2.37. The molecule has 1 saturated carbocycles. The summed E-state index contributed by atoms with van der Waals surface area (Å²) < 4.78 is 0. The Morgan fingerprint density at radius 1 is 1.10 bits per heavy atom. The molecule has 2 fully saturated rings. The minimum atomic E-state index is -0.929. The minimum Gasteiger partial charge on any atom is -0.389 e. The van der Waals surface area contributed by atoms with E-state index in [0.717, 1.165) is 26.2 Å². The fourth-order valence-corrected chi connectivity index (χ4v) is 3.24. The molecule has 4 nitrogen and oxygen atoms in total. The van der Waals surface area contributed by atoms with Crippen molar-refractivity contribution in [2.45, 2.75) is 25.6 Å². The predicted octanol–water partition coefficient (Wildman–Crippen LogP) is 0.940. The maximum atomic E-state index is 10.5. The molecule has 1 aliphatic heterocycles. The van der Waals surface area contributed by atoms with Crippen LogP contribution in [-0.4, -0.2) is 59.5 Å². The van der Waals surface area contributed by atoms with Crippen molar-refractivity contribution < 1.29 is 10.2 Å². The molecular weight excluding hydrogens is 252 g/mol. The van der Waals surface area contributed by atoms with Gasteiger partial charge in [-0.15, -0.1) is 0 Å². The van der Waals surface area contributed by atoms with Crippen LogP contribution in [0.1, 0.15) is 13.8 Å². The van der Waals surface area contributed by atoms with Crippen molar-refractivity contribution in [3.8, 4) is 0 Å². The average Bonchev–Trinajstić information content (AvgIpc) is 2.84. The SMILES string of the molecule is CC1(C)C(O)[C@@]1(O)CN1CCN(c2ccccc2)CC1. The van der Waals surface area contributed by atoms with E-state index in [4.69, 9.17) is 0 Å². The summed E-state index contributed by atoms with van der Waals surface area (Å²) in [6.07, 6.45) is -0.595. The van der Waals surface area contributed by atoms with Crippen molar-refractivity contribution in [2.75, 3.05) is 37.6 Å². The number of hydrogen-bond acceptors (Lipinski definition) is 4. The van der Waals surface area contributed by atoms with Gasteiger partial charge in [0.2, 0.25) is 0 Å². The quantitative estimate of drug-likeness (QED) is 0.862. The van der Waals surface area contributed by atoms with Gasteiger partial charge in [0.1, 0.15) is 5.60 Å². The predicted molar refractivity (Wildman–Crippen MR) is 79.8 cm³/mol. The third-order valence-corrected chi connectivity index (χ3v) is 5.13. The molecule has 2 N–H and O–H groups in total. The molecule has 1 aromatic carbocycles. The first-order valence-corrected chi connectivity index (χ1v) is 7.38. The molecule has 1 aliphatic carbocycles. The van der Waals surface area contributed by atoms with Crippen LogP contribution in [0.2, 0.25) is 0 Å². The van der Waals surface area contributed by atoms with E-state index < -0.39 is 11.7 Å². The Morgan fingerprint density at radius 2 is 1.65 bits per heavy atom. The van der Waals surface area contributed by atoms with Crippen LogP contribution in [0.5, 0.6) is 0 Å². The fraction of sp³-hybridized carbons (Fsp3) is 0.625. The lowest BCUT2D eigenvalue weighted by atomic mass is 10.1.